The van der Waals surface area contributed by atoms with Crippen LogP contribution >= 0.6 is 15.9 Å². The zero-order valence-corrected chi connectivity index (χ0v) is 15.8. The number of amides is 2. The number of hydrogen-bond acceptors (Lipinski definition) is 3. The van der Waals surface area contributed by atoms with Gasteiger partial charge in [-0.05, 0) is 56.6 Å². The molecule has 2 rings (SSSR count). The number of benzene rings is 1. The lowest BCUT2D eigenvalue weighted by Crippen LogP contribution is -2.42. The molecule has 0 aliphatic carbocycles. The summed E-state index contributed by atoms with van der Waals surface area (Å²) in [6, 6.07) is 7.58. The average Bonchev–Trinajstić information content (AvgIpc) is 3.10. The lowest BCUT2D eigenvalue weighted by molar-refractivity contribution is -0.121. The van der Waals surface area contributed by atoms with Crippen molar-refractivity contribution < 1.29 is 9.59 Å². The second kappa shape index (κ2) is 9.79. The molecule has 1 aliphatic rings. The Morgan fingerprint density at radius 1 is 1.17 bits per heavy atom. The van der Waals surface area contributed by atoms with E-state index in [1.165, 1.54) is 12.8 Å². The molecule has 1 aromatic carbocycles. The molecule has 24 heavy (non-hydrogen) atoms. The first-order chi connectivity index (χ1) is 11.6. The smallest absolute Gasteiger partial charge is 0.251 e. The summed E-state index contributed by atoms with van der Waals surface area (Å²) in [6.45, 7) is 5.47. The molecule has 0 spiro atoms. The quantitative estimate of drug-likeness (QED) is 0.710. The van der Waals surface area contributed by atoms with E-state index >= 15 is 0 Å². The number of rotatable bonds is 8. The number of nitrogens with one attached hydrogen (secondary N) is 2. The number of hydrogen-bond donors (Lipinski definition) is 2. The molecular weight excluding hydrogens is 370 g/mol. The van der Waals surface area contributed by atoms with E-state index in [0.717, 1.165) is 24.0 Å². The summed E-state index contributed by atoms with van der Waals surface area (Å²) in [5.74, 6) is -0.164. The van der Waals surface area contributed by atoms with Gasteiger partial charge >= 0.3 is 0 Å². The Bertz CT molecular complexity index is 542. The van der Waals surface area contributed by atoms with Crippen LogP contribution in [0.2, 0.25) is 0 Å². The van der Waals surface area contributed by atoms with E-state index in [1.807, 2.05) is 12.1 Å². The third kappa shape index (κ3) is 5.91. The van der Waals surface area contributed by atoms with Crippen LogP contribution in [0, 0.1) is 0 Å². The Morgan fingerprint density at radius 3 is 2.46 bits per heavy atom. The third-order valence-electron chi connectivity index (χ3n) is 4.41. The molecule has 0 bridgehead atoms. The fourth-order valence-corrected chi connectivity index (χ4v) is 3.22. The predicted octanol–water partition coefficient (Wildman–Crippen LogP) is 2.56. The molecular formula is C18H26BrN3O2. The summed E-state index contributed by atoms with van der Waals surface area (Å²) in [5.41, 5.74) is 0.596. The van der Waals surface area contributed by atoms with E-state index < -0.39 is 0 Å². The van der Waals surface area contributed by atoms with Crippen LogP contribution in [-0.2, 0) is 4.79 Å². The van der Waals surface area contributed by atoms with Crippen molar-refractivity contribution in [3.63, 3.8) is 0 Å². The van der Waals surface area contributed by atoms with Gasteiger partial charge in [-0.1, -0.05) is 22.9 Å². The van der Waals surface area contributed by atoms with Gasteiger partial charge in [-0.3, -0.25) is 14.5 Å². The standard InChI is InChI=1S/C18H26BrN3O2/c1-2-16(22-11-3-4-12-22)13-21-17(23)9-10-20-18(24)14-5-7-15(19)8-6-14/h5-8,16H,2-4,9-13H2,1H3,(H,20,24)(H,21,23). The van der Waals surface area contributed by atoms with Gasteiger partial charge in [0, 0.05) is 35.6 Å². The molecule has 2 N–H and O–H groups in total. The molecule has 1 saturated heterocycles. The molecule has 132 valence electrons. The van der Waals surface area contributed by atoms with E-state index in [-0.39, 0.29) is 11.8 Å². The lowest BCUT2D eigenvalue weighted by atomic mass is 10.2. The summed E-state index contributed by atoms with van der Waals surface area (Å²) in [6.07, 6.45) is 3.86. The van der Waals surface area contributed by atoms with Gasteiger partial charge in [-0.25, -0.2) is 0 Å². The van der Waals surface area contributed by atoms with Gasteiger partial charge in [0.15, 0.2) is 0 Å². The molecule has 0 aromatic heterocycles. The maximum absolute atomic E-state index is 12.0. The van der Waals surface area contributed by atoms with Crippen molar-refractivity contribution in [3.8, 4) is 0 Å². The van der Waals surface area contributed by atoms with Crippen molar-refractivity contribution >= 4 is 27.7 Å². The van der Waals surface area contributed by atoms with Gasteiger partial charge in [0.05, 0.1) is 0 Å². The number of likely N-dealkylation sites (tertiary alicyclic amines) is 1. The second-order valence-corrected chi connectivity index (χ2v) is 7.04. The molecule has 1 aliphatic heterocycles. The summed E-state index contributed by atoms with van der Waals surface area (Å²) in [7, 11) is 0. The minimum Gasteiger partial charge on any atom is -0.354 e. The third-order valence-corrected chi connectivity index (χ3v) is 4.94. The summed E-state index contributed by atoms with van der Waals surface area (Å²) < 4.78 is 0.932. The van der Waals surface area contributed by atoms with Crippen molar-refractivity contribution in [1.29, 1.82) is 0 Å². The van der Waals surface area contributed by atoms with Crippen LogP contribution in [0.4, 0.5) is 0 Å². The van der Waals surface area contributed by atoms with E-state index in [4.69, 9.17) is 0 Å². The number of halogens is 1. The Balaban J connectivity index is 1.65. The summed E-state index contributed by atoms with van der Waals surface area (Å²) in [4.78, 5) is 26.4. The maximum atomic E-state index is 12.0. The van der Waals surface area contributed by atoms with Crippen LogP contribution in [0.3, 0.4) is 0 Å². The van der Waals surface area contributed by atoms with E-state index in [0.29, 0.717) is 31.1 Å². The van der Waals surface area contributed by atoms with Gasteiger partial charge in [0.2, 0.25) is 5.91 Å². The number of carbonyl (C=O) groups is 2. The van der Waals surface area contributed by atoms with Crippen LogP contribution < -0.4 is 10.6 Å². The topological polar surface area (TPSA) is 61.4 Å². The van der Waals surface area contributed by atoms with Crippen molar-refractivity contribution in [2.75, 3.05) is 26.2 Å². The van der Waals surface area contributed by atoms with Crippen LogP contribution in [0.5, 0.6) is 0 Å². The highest BCUT2D eigenvalue weighted by Gasteiger charge is 2.20. The Labute approximate surface area is 152 Å². The molecule has 1 fully saturated rings. The Kier molecular flexibility index (Phi) is 7.72. The minimum atomic E-state index is -0.154. The molecule has 0 saturated carbocycles. The first-order valence-corrected chi connectivity index (χ1v) is 9.44. The van der Waals surface area contributed by atoms with Crippen LogP contribution in [0.1, 0.15) is 43.0 Å². The van der Waals surface area contributed by atoms with E-state index in [9.17, 15) is 9.59 Å². The molecule has 5 nitrogen and oxygen atoms in total. The maximum Gasteiger partial charge on any atom is 0.251 e. The molecule has 1 heterocycles. The molecule has 6 heteroatoms. The number of nitrogens with zero attached hydrogens (tertiary/aromatic N) is 1. The van der Waals surface area contributed by atoms with Crippen LogP contribution in [-0.4, -0.2) is 48.9 Å². The average molecular weight is 396 g/mol. The number of carbonyl (C=O) groups excluding carboxylic acids is 2. The molecule has 1 atom stereocenters. The van der Waals surface area contributed by atoms with Crippen LogP contribution in [0.25, 0.3) is 0 Å². The highest BCUT2D eigenvalue weighted by Crippen LogP contribution is 2.13. The van der Waals surface area contributed by atoms with Gasteiger partial charge < -0.3 is 10.6 Å². The first kappa shape index (κ1) is 18.9. The fourth-order valence-electron chi connectivity index (χ4n) is 2.95. The molecule has 1 aromatic rings. The predicted molar refractivity (Wildman–Crippen MR) is 99.0 cm³/mol. The normalized spacial score (nSPS) is 15.9. The van der Waals surface area contributed by atoms with E-state index in [1.54, 1.807) is 12.1 Å². The highest BCUT2D eigenvalue weighted by molar-refractivity contribution is 9.10. The van der Waals surface area contributed by atoms with E-state index in [2.05, 4.69) is 38.4 Å². The SMILES string of the molecule is CCC(CNC(=O)CCNC(=O)c1ccc(Br)cc1)N1CCCC1. The minimum absolute atomic E-state index is 0.0104. The Morgan fingerprint density at radius 2 is 1.83 bits per heavy atom. The van der Waals surface area contributed by atoms with Crippen LogP contribution in [0.15, 0.2) is 28.7 Å². The molecule has 1 unspecified atom stereocenters. The fraction of sp³-hybridized carbons (Fsp3) is 0.556. The highest BCUT2D eigenvalue weighted by atomic mass is 79.9. The van der Waals surface area contributed by atoms with Gasteiger partial charge in [0.25, 0.3) is 5.91 Å². The van der Waals surface area contributed by atoms with Crippen molar-refractivity contribution in [2.45, 2.75) is 38.6 Å². The zero-order valence-electron chi connectivity index (χ0n) is 14.2. The molecule has 2 amide bonds. The van der Waals surface area contributed by atoms with Gasteiger partial charge in [0.1, 0.15) is 0 Å². The lowest BCUT2D eigenvalue weighted by Gasteiger charge is -2.26. The van der Waals surface area contributed by atoms with Gasteiger partial charge in [-0.2, -0.15) is 0 Å². The summed E-state index contributed by atoms with van der Waals surface area (Å²) >= 11 is 3.34. The van der Waals surface area contributed by atoms with Gasteiger partial charge in [-0.15, -0.1) is 0 Å². The second-order valence-electron chi connectivity index (χ2n) is 6.12. The molecule has 0 radical (unpaired) electrons. The van der Waals surface area contributed by atoms with Crippen molar-refractivity contribution in [2.24, 2.45) is 0 Å². The summed E-state index contributed by atoms with van der Waals surface area (Å²) in [5, 5.41) is 5.77. The van der Waals surface area contributed by atoms with Crippen molar-refractivity contribution in [3.05, 3.63) is 34.3 Å². The Hall–Kier alpha value is -1.40. The first-order valence-electron chi connectivity index (χ1n) is 8.64. The van der Waals surface area contributed by atoms with Crippen molar-refractivity contribution in [1.82, 2.24) is 15.5 Å². The monoisotopic (exact) mass is 395 g/mol. The zero-order chi connectivity index (χ0) is 17.4. The largest absolute Gasteiger partial charge is 0.354 e.